The van der Waals surface area contributed by atoms with Gasteiger partial charge in [-0.2, -0.15) is 19.5 Å². The molecule has 0 spiro atoms. The van der Waals surface area contributed by atoms with Crippen LogP contribution in [0.5, 0.6) is 0 Å². The number of nitrogens with zero attached hydrogens (tertiary/aromatic N) is 7. The lowest BCUT2D eigenvalue weighted by atomic mass is 10.1. The quantitative estimate of drug-likeness (QED) is 0.485. The second-order valence-electron chi connectivity index (χ2n) is 7.87. The first-order chi connectivity index (χ1) is 15.1. The van der Waals surface area contributed by atoms with Crippen LogP contribution >= 0.6 is 0 Å². The molecule has 1 fully saturated rings. The number of likely N-dealkylation sites (tertiary alicyclic amines) is 1. The molecular weight excluding hydrogens is 394 g/mol. The van der Waals surface area contributed by atoms with Crippen LogP contribution in [-0.2, 0) is 6.54 Å². The number of hydrogen-bond donors (Lipinski definition) is 2. The van der Waals surface area contributed by atoms with Crippen LogP contribution in [0.2, 0.25) is 0 Å². The van der Waals surface area contributed by atoms with Gasteiger partial charge in [-0.3, -0.25) is 9.88 Å². The molecule has 1 saturated heterocycles. The van der Waals surface area contributed by atoms with Gasteiger partial charge in [-0.15, -0.1) is 5.10 Å². The van der Waals surface area contributed by atoms with Crippen LogP contribution in [0.15, 0.2) is 35.1 Å². The number of aryl methyl sites for hydroxylation is 2. The number of hydrogen-bond acceptors (Lipinski definition) is 9. The lowest BCUT2D eigenvalue weighted by molar-refractivity contribution is 0.252. The van der Waals surface area contributed by atoms with Crippen molar-refractivity contribution in [2.75, 3.05) is 24.1 Å². The zero-order chi connectivity index (χ0) is 21.4. The molecule has 0 amide bonds. The highest BCUT2D eigenvalue weighted by atomic mass is 16.3. The number of pyridine rings is 1. The van der Waals surface area contributed by atoms with Gasteiger partial charge in [-0.1, -0.05) is 0 Å². The molecule has 1 aliphatic rings. The van der Waals surface area contributed by atoms with Crippen LogP contribution in [0.3, 0.4) is 0 Å². The minimum atomic E-state index is 0.225. The van der Waals surface area contributed by atoms with E-state index < -0.39 is 0 Å². The average Bonchev–Trinajstić information content (AvgIpc) is 3.49. The van der Waals surface area contributed by atoms with Gasteiger partial charge in [0, 0.05) is 31.0 Å². The Morgan fingerprint density at radius 1 is 1.23 bits per heavy atom. The number of fused-ring (bicyclic) bond motifs is 1. The lowest BCUT2D eigenvalue weighted by Gasteiger charge is -2.26. The van der Waals surface area contributed by atoms with Crippen LogP contribution in [0.4, 0.5) is 11.9 Å². The molecule has 0 saturated carbocycles. The molecule has 5 rings (SSSR count). The minimum Gasteiger partial charge on any atom is -0.461 e. The van der Waals surface area contributed by atoms with Crippen molar-refractivity contribution in [1.82, 2.24) is 34.4 Å². The maximum atomic E-state index is 6.09. The molecule has 10 heteroatoms. The first-order valence-electron chi connectivity index (χ1n) is 10.4. The fourth-order valence-electron chi connectivity index (χ4n) is 4.11. The van der Waals surface area contributed by atoms with Gasteiger partial charge in [0.1, 0.15) is 0 Å². The molecule has 4 aromatic heterocycles. The van der Waals surface area contributed by atoms with Crippen LogP contribution in [-0.4, -0.2) is 53.6 Å². The van der Waals surface area contributed by atoms with Crippen LogP contribution < -0.4 is 11.1 Å². The molecular formula is C21H25N9O. The molecule has 10 nitrogen and oxygen atoms in total. The second kappa shape index (κ2) is 7.95. The Hall–Kier alpha value is -3.53. The molecule has 1 unspecified atom stereocenters. The third kappa shape index (κ3) is 3.81. The molecule has 160 valence electrons. The Morgan fingerprint density at radius 2 is 2.13 bits per heavy atom. The molecule has 4 aromatic rings. The number of nitrogens with one attached hydrogen (secondary N) is 1. The van der Waals surface area contributed by atoms with E-state index in [1.54, 1.807) is 18.4 Å². The van der Waals surface area contributed by atoms with Gasteiger partial charge in [-0.05, 0) is 62.6 Å². The van der Waals surface area contributed by atoms with E-state index in [0.29, 0.717) is 29.4 Å². The summed E-state index contributed by atoms with van der Waals surface area (Å²) in [6.07, 6.45) is 5.74. The molecule has 0 aliphatic carbocycles. The molecule has 1 aliphatic heterocycles. The zero-order valence-electron chi connectivity index (χ0n) is 17.6. The van der Waals surface area contributed by atoms with Gasteiger partial charge in [0.25, 0.3) is 5.78 Å². The molecule has 31 heavy (non-hydrogen) atoms. The topological polar surface area (TPSA) is 123 Å². The van der Waals surface area contributed by atoms with Gasteiger partial charge in [0.15, 0.2) is 5.76 Å². The van der Waals surface area contributed by atoms with Crippen molar-refractivity contribution in [2.45, 2.75) is 39.3 Å². The highest BCUT2D eigenvalue weighted by Gasteiger charge is 2.26. The monoisotopic (exact) mass is 419 g/mol. The minimum absolute atomic E-state index is 0.225. The Bertz CT molecular complexity index is 1180. The fraction of sp³-hybridized carbons (Fsp3) is 0.381. The second-order valence-corrected chi connectivity index (χ2v) is 7.87. The van der Waals surface area contributed by atoms with E-state index in [9.17, 15) is 0 Å². The van der Waals surface area contributed by atoms with Crippen molar-refractivity contribution in [3.05, 3.63) is 47.5 Å². The summed E-state index contributed by atoms with van der Waals surface area (Å²) in [5, 5.41) is 7.67. The number of aromatic nitrogens is 6. The van der Waals surface area contributed by atoms with E-state index >= 15 is 0 Å². The molecule has 0 radical (unpaired) electrons. The van der Waals surface area contributed by atoms with E-state index in [-0.39, 0.29) is 5.95 Å². The van der Waals surface area contributed by atoms with Crippen molar-refractivity contribution in [2.24, 2.45) is 0 Å². The summed E-state index contributed by atoms with van der Waals surface area (Å²) in [4.78, 5) is 20.2. The van der Waals surface area contributed by atoms with E-state index in [4.69, 9.17) is 10.2 Å². The number of nitrogen functional groups attached to an aromatic ring is 1. The first kappa shape index (κ1) is 19.4. The van der Waals surface area contributed by atoms with Crippen molar-refractivity contribution >= 4 is 17.7 Å². The number of anilines is 2. The predicted molar refractivity (Wildman–Crippen MR) is 116 cm³/mol. The predicted octanol–water partition coefficient (Wildman–Crippen LogP) is 2.45. The summed E-state index contributed by atoms with van der Waals surface area (Å²) >= 11 is 0. The maximum absolute atomic E-state index is 6.09. The van der Waals surface area contributed by atoms with Crippen LogP contribution in [0, 0.1) is 13.8 Å². The van der Waals surface area contributed by atoms with Crippen molar-refractivity contribution < 1.29 is 4.42 Å². The van der Waals surface area contributed by atoms with E-state index in [1.165, 1.54) is 22.1 Å². The van der Waals surface area contributed by atoms with Crippen LogP contribution in [0.25, 0.3) is 17.4 Å². The van der Waals surface area contributed by atoms with Crippen LogP contribution in [0.1, 0.15) is 29.7 Å². The largest absolute Gasteiger partial charge is 0.461 e. The summed E-state index contributed by atoms with van der Waals surface area (Å²) in [5.74, 6) is 2.03. The number of rotatable bonds is 6. The standard InChI is InChI=1S/C21H25N9O/c1-13-7-8-23-14(2)16(13)12-29-9-3-5-15(29)11-24-20-26-19(22)30-21(27-20)25-18(28-30)17-6-4-10-31-17/h4,6-8,10,15H,3,5,9,11-12H2,1-2H3,(H3,22,24,25,26,27,28). The number of furan rings is 1. The SMILES string of the molecule is Cc1ccnc(C)c1CN1CCCC1CNc1nc(N)n2nc(-c3ccco3)nc2n1. The number of nitrogens with two attached hydrogens (primary N) is 1. The Balaban J connectivity index is 1.31. The Morgan fingerprint density at radius 3 is 2.94 bits per heavy atom. The molecule has 5 heterocycles. The summed E-state index contributed by atoms with van der Waals surface area (Å²) in [5.41, 5.74) is 9.78. The van der Waals surface area contributed by atoms with E-state index in [2.05, 4.69) is 55.2 Å². The smallest absolute Gasteiger partial charge is 0.259 e. The van der Waals surface area contributed by atoms with Gasteiger partial charge >= 0.3 is 0 Å². The van der Waals surface area contributed by atoms with Gasteiger partial charge in [-0.25, -0.2) is 0 Å². The third-order valence-electron chi connectivity index (χ3n) is 5.84. The highest BCUT2D eigenvalue weighted by molar-refractivity contribution is 5.52. The Kier molecular flexibility index (Phi) is 4.99. The maximum Gasteiger partial charge on any atom is 0.259 e. The first-order valence-corrected chi connectivity index (χ1v) is 10.4. The lowest BCUT2D eigenvalue weighted by Crippen LogP contribution is -2.35. The zero-order valence-corrected chi connectivity index (χ0v) is 17.6. The van der Waals surface area contributed by atoms with Crippen molar-refractivity contribution in [3.63, 3.8) is 0 Å². The molecule has 0 aromatic carbocycles. The van der Waals surface area contributed by atoms with Gasteiger partial charge in [0.2, 0.25) is 17.7 Å². The van der Waals surface area contributed by atoms with Gasteiger partial charge in [0.05, 0.1) is 6.26 Å². The normalized spacial score (nSPS) is 16.9. The fourth-order valence-corrected chi connectivity index (χ4v) is 4.11. The van der Waals surface area contributed by atoms with Crippen molar-refractivity contribution in [1.29, 1.82) is 0 Å². The molecule has 0 bridgehead atoms. The van der Waals surface area contributed by atoms with E-state index in [0.717, 1.165) is 31.7 Å². The average molecular weight is 419 g/mol. The van der Waals surface area contributed by atoms with Crippen molar-refractivity contribution in [3.8, 4) is 11.6 Å². The summed E-state index contributed by atoms with van der Waals surface area (Å²) in [6, 6.07) is 6.03. The molecule has 3 N–H and O–H groups in total. The highest BCUT2D eigenvalue weighted by Crippen LogP contribution is 2.23. The summed E-state index contributed by atoms with van der Waals surface area (Å²) in [7, 11) is 0. The van der Waals surface area contributed by atoms with Gasteiger partial charge < -0.3 is 15.5 Å². The summed E-state index contributed by atoms with van der Waals surface area (Å²) in [6.45, 7) is 6.92. The summed E-state index contributed by atoms with van der Waals surface area (Å²) < 4.78 is 6.77. The Labute approximate surface area is 179 Å². The van der Waals surface area contributed by atoms with E-state index in [1.807, 2.05) is 6.20 Å². The third-order valence-corrected chi connectivity index (χ3v) is 5.84. The molecule has 1 atom stereocenters.